The van der Waals surface area contributed by atoms with Gasteiger partial charge in [0.1, 0.15) is 11.1 Å². The molecule has 0 atom stereocenters. The number of nitrogens with zero attached hydrogens (tertiary/aromatic N) is 1. The molecule has 0 aliphatic heterocycles. The van der Waals surface area contributed by atoms with Gasteiger partial charge in [-0.25, -0.2) is 0 Å². The molecule has 2 aromatic rings. The highest BCUT2D eigenvalue weighted by Gasteiger charge is 2.23. The summed E-state index contributed by atoms with van der Waals surface area (Å²) in [6.45, 7) is 8.28. The number of carbonyl (C=O) groups excluding carboxylic acids is 1. The molecular weight excluding hydrogens is 316 g/mol. The molecule has 1 N–H and O–H groups in total. The number of amides is 1. The van der Waals surface area contributed by atoms with Crippen LogP contribution in [0.15, 0.2) is 29.6 Å². The van der Waals surface area contributed by atoms with Gasteiger partial charge in [0.05, 0.1) is 5.56 Å². The van der Waals surface area contributed by atoms with Gasteiger partial charge in [0, 0.05) is 6.42 Å². The van der Waals surface area contributed by atoms with E-state index in [1.807, 2.05) is 5.38 Å². The van der Waals surface area contributed by atoms with E-state index in [0.29, 0.717) is 17.0 Å². The van der Waals surface area contributed by atoms with E-state index in [1.165, 1.54) is 22.5 Å². The number of thiophene rings is 1. The lowest BCUT2D eigenvalue weighted by atomic mass is 9.86. The van der Waals surface area contributed by atoms with Gasteiger partial charge in [-0.05, 0) is 41.7 Å². The predicted molar refractivity (Wildman–Crippen MR) is 100 cm³/mol. The van der Waals surface area contributed by atoms with Crippen LogP contribution in [0, 0.1) is 18.3 Å². The van der Waals surface area contributed by atoms with Gasteiger partial charge in [-0.15, -0.1) is 11.3 Å². The van der Waals surface area contributed by atoms with Crippen molar-refractivity contribution in [2.45, 2.75) is 52.4 Å². The summed E-state index contributed by atoms with van der Waals surface area (Å²) < 4.78 is 0. The van der Waals surface area contributed by atoms with Crippen molar-refractivity contribution in [3.8, 4) is 6.07 Å². The number of benzene rings is 1. The molecule has 1 aromatic carbocycles. The van der Waals surface area contributed by atoms with Crippen molar-refractivity contribution < 1.29 is 4.79 Å². The molecule has 0 spiro atoms. The molecule has 4 heteroatoms. The molecular formula is C20H24N2OS. The molecule has 24 heavy (non-hydrogen) atoms. The second-order valence-electron chi connectivity index (χ2n) is 7.10. The Kier molecular flexibility index (Phi) is 5.80. The highest BCUT2D eigenvalue weighted by molar-refractivity contribution is 7.14. The third kappa shape index (κ3) is 4.69. The van der Waals surface area contributed by atoms with E-state index >= 15 is 0 Å². The minimum Gasteiger partial charge on any atom is -0.317 e. The first-order chi connectivity index (χ1) is 11.3. The molecule has 0 saturated carbocycles. The molecule has 0 aliphatic rings. The van der Waals surface area contributed by atoms with E-state index in [2.05, 4.69) is 63.3 Å². The van der Waals surface area contributed by atoms with Crippen molar-refractivity contribution in [1.29, 1.82) is 5.26 Å². The standard InChI is InChI=1S/C20H24N2OS/c1-14-8-10-15(11-9-14)6-5-7-18(23)22-19-16(12-21)17(13-24-19)20(2,3)4/h8-11,13H,5-7H2,1-4H3,(H,22,23). The lowest BCUT2D eigenvalue weighted by Crippen LogP contribution is -2.14. The summed E-state index contributed by atoms with van der Waals surface area (Å²) in [6, 6.07) is 10.6. The van der Waals surface area contributed by atoms with Crippen molar-refractivity contribution in [3.05, 3.63) is 51.9 Å². The Bertz CT molecular complexity index is 745. The van der Waals surface area contributed by atoms with Crippen molar-refractivity contribution >= 4 is 22.2 Å². The van der Waals surface area contributed by atoms with E-state index in [-0.39, 0.29) is 11.3 Å². The number of nitrogens with one attached hydrogen (secondary N) is 1. The fourth-order valence-electron chi connectivity index (χ4n) is 2.51. The fourth-order valence-corrected chi connectivity index (χ4v) is 3.66. The lowest BCUT2D eigenvalue weighted by Gasteiger charge is -2.17. The number of carbonyl (C=O) groups is 1. The van der Waals surface area contributed by atoms with E-state index in [4.69, 9.17) is 0 Å². The molecule has 3 nitrogen and oxygen atoms in total. The largest absolute Gasteiger partial charge is 0.317 e. The Morgan fingerprint density at radius 3 is 2.50 bits per heavy atom. The van der Waals surface area contributed by atoms with Crippen LogP contribution in [0.25, 0.3) is 0 Å². The maximum Gasteiger partial charge on any atom is 0.225 e. The van der Waals surface area contributed by atoms with Gasteiger partial charge >= 0.3 is 0 Å². The molecule has 0 saturated heterocycles. The third-order valence-electron chi connectivity index (χ3n) is 3.95. The summed E-state index contributed by atoms with van der Waals surface area (Å²) in [6.07, 6.45) is 2.15. The average molecular weight is 340 g/mol. The predicted octanol–water partition coefficient (Wildman–Crippen LogP) is 5.19. The average Bonchev–Trinajstić information content (AvgIpc) is 2.92. The zero-order valence-electron chi connectivity index (χ0n) is 14.8. The zero-order valence-corrected chi connectivity index (χ0v) is 15.6. The van der Waals surface area contributed by atoms with Crippen LogP contribution in [0.2, 0.25) is 0 Å². The first kappa shape index (κ1) is 18.2. The van der Waals surface area contributed by atoms with E-state index in [1.54, 1.807) is 0 Å². The Morgan fingerprint density at radius 2 is 1.92 bits per heavy atom. The number of nitriles is 1. The molecule has 0 fully saturated rings. The fraction of sp³-hybridized carbons (Fsp3) is 0.400. The van der Waals surface area contributed by atoms with Gasteiger partial charge in [0.15, 0.2) is 0 Å². The van der Waals surface area contributed by atoms with E-state index < -0.39 is 0 Å². The van der Waals surface area contributed by atoms with Crippen LogP contribution in [0.1, 0.15) is 55.9 Å². The Hall–Kier alpha value is -2.12. The number of anilines is 1. The highest BCUT2D eigenvalue weighted by atomic mass is 32.1. The number of rotatable bonds is 5. The van der Waals surface area contributed by atoms with Gasteiger partial charge in [0.25, 0.3) is 0 Å². The first-order valence-corrected chi connectivity index (χ1v) is 9.06. The van der Waals surface area contributed by atoms with Crippen LogP contribution < -0.4 is 5.32 Å². The minimum atomic E-state index is -0.101. The topological polar surface area (TPSA) is 52.9 Å². The van der Waals surface area contributed by atoms with Crippen molar-refractivity contribution in [2.24, 2.45) is 0 Å². The number of aryl methyl sites for hydroxylation is 2. The number of hydrogen-bond acceptors (Lipinski definition) is 3. The van der Waals surface area contributed by atoms with Crippen LogP contribution in [0.3, 0.4) is 0 Å². The summed E-state index contributed by atoms with van der Waals surface area (Å²) >= 11 is 1.43. The van der Waals surface area contributed by atoms with Gasteiger partial charge in [-0.2, -0.15) is 5.26 Å². The summed E-state index contributed by atoms with van der Waals surface area (Å²) in [7, 11) is 0. The molecule has 1 amide bonds. The highest BCUT2D eigenvalue weighted by Crippen LogP contribution is 2.35. The summed E-state index contributed by atoms with van der Waals surface area (Å²) in [5, 5.41) is 15.0. The van der Waals surface area contributed by atoms with Gasteiger partial charge in [-0.1, -0.05) is 50.6 Å². The first-order valence-electron chi connectivity index (χ1n) is 8.18. The number of hydrogen-bond donors (Lipinski definition) is 1. The Balaban J connectivity index is 1.92. The van der Waals surface area contributed by atoms with Crippen LogP contribution >= 0.6 is 11.3 Å². The molecule has 0 aliphatic carbocycles. The quantitative estimate of drug-likeness (QED) is 0.814. The SMILES string of the molecule is Cc1ccc(CCCC(=O)Nc2scc(C(C)(C)C)c2C#N)cc1. The van der Waals surface area contributed by atoms with Crippen molar-refractivity contribution in [3.63, 3.8) is 0 Å². The maximum absolute atomic E-state index is 12.2. The van der Waals surface area contributed by atoms with Crippen LogP contribution in [0.4, 0.5) is 5.00 Å². The summed E-state index contributed by atoms with van der Waals surface area (Å²) in [5.41, 5.74) is 3.98. The zero-order chi connectivity index (χ0) is 17.7. The smallest absolute Gasteiger partial charge is 0.225 e. The monoisotopic (exact) mass is 340 g/mol. The van der Waals surface area contributed by atoms with Crippen molar-refractivity contribution in [2.75, 3.05) is 5.32 Å². The van der Waals surface area contributed by atoms with Gasteiger partial charge < -0.3 is 5.32 Å². The molecule has 1 heterocycles. The van der Waals surface area contributed by atoms with Crippen molar-refractivity contribution in [1.82, 2.24) is 0 Å². The third-order valence-corrected chi connectivity index (χ3v) is 4.85. The van der Waals surface area contributed by atoms with Crippen LogP contribution in [0.5, 0.6) is 0 Å². The lowest BCUT2D eigenvalue weighted by molar-refractivity contribution is -0.116. The van der Waals surface area contributed by atoms with Gasteiger partial charge in [-0.3, -0.25) is 4.79 Å². The molecule has 2 rings (SSSR count). The Labute approximate surface area is 148 Å². The van der Waals surface area contributed by atoms with Gasteiger partial charge in [0.2, 0.25) is 5.91 Å². The van der Waals surface area contributed by atoms with Crippen LogP contribution in [-0.4, -0.2) is 5.91 Å². The van der Waals surface area contributed by atoms with E-state index in [0.717, 1.165) is 18.4 Å². The second-order valence-corrected chi connectivity index (χ2v) is 7.98. The summed E-state index contributed by atoms with van der Waals surface area (Å²) in [5.74, 6) is -0.0269. The molecule has 1 aromatic heterocycles. The molecule has 0 bridgehead atoms. The molecule has 0 radical (unpaired) electrons. The second kappa shape index (κ2) is 7.63. The Morgan fingerprint density at radius 1 is 1.25 bits per heavy atom. The molecule has 0 unspecified atom stereocenters. The normalized spacial score (nSPS) is 11.1. The van der Waals surface area contributed by atoms with E-state index in [9.17, 15) is 10.1 Å². The molecule has 126 valence electrons. The van der Waals surface area contributed by atoms with Crippen LogP contribution in [-0.2, 0) is 16.6 Å². The summed E-state index contributed by atoms with van der Waals surface area (Å²) in [4.78, 5) is 12.2. The maximum atomic E-state index is 12.2. The minimum absolute atomic E-state index is 0.0269.